The Morgan fingerprint density at radius 3 is 2.74 bits per heavy atom. The van der Waals surface area contributed by atoms with Gasteiger partial charge >= 0.3 is 0 Å². The number of aromatic nitrogens is 1. The predicted octanol–water partition coefficient (Wildman–Crippen LogP) is 2.75. The van der Waals surface area contributed by atoms with E-state index in [2.05, 4.69) is 10.3 Å². The number of hydrogen-bond acceptors (Lipinski definition) is 4. The average Bonchev–Trinajstić information content (AvgIpc) is 2.46. The third kappa shape index (κ3) is 3.44. The number of pyridine rings is 1. The van der Waals surface area contributed by atoms with E-state index in [4.69, 9.17) is 16.9 Å². The molecular formula is C14H12ClN3O. The zero-order chi connectivity index (χ0) is 13.7. The first kappa shape index (κ1) is 13.3. The maximum absolute atomic E-state index is 10.0. The van der Waals surface area contributed by atoms with Crippen molar-refractivity contribution < 1.29 is 5.11 Å². The van der Waals surface area contributed by atoms with Crippen LogP contribution in [0, 0.1) is 11.3 Å². The molecule has 4 nitrogen and oxygen atoms in total. The minimum absolute atomic E-state index is 0.294. The fraction of sp³-hybridized carbons (Fsp3) is 0.143. The van der Waals surface area contributed by atoms with Gasteiger partial charge in [0.15, 0.2) is 0 Å². The van der Waals surface area contributed by atoms with Crippen LogP contribution in [0.1, 0.15) is 17.2 Å². The first-order valence-corrected chi connectivity index (χ1v) is 6.11. The van der Waals surface area contributed by atoms with Crippen molar-refractivity contribution in [3.05, 3.63) is 58.7 Å². The summed E-state index contributed by atoms with van der Waals surface area (Å²) in [5, 5.41) is 22.2. The molecule has 0 amide bonds. The minimum atomic E-state index is -0.717. The molecule has 1 unspecified atom stereocenters. The van der Waals surface area contributed by atoms with Gasteiger partial charge < -0.3 is 10.4 Å². The molecule has 1 heterocycles. The third-order valence-corrected chi connectivity index (χ3v) is 2.98. The zero-order valence-corrected chi connectivity index (χ0v) is 10.8. The topological polar surface area (TPSA) is 68.9 Å². The maximum atomic E-state index is 10.0. The molecule has 2 N–H and O–H groups in total. The molecule has 0 aliphatic carbocycles. The standard InChI is InChI=1S/C14H12ClN3O/c15-12-4-2-1-3-11(12)13(19)9-18-14-6-5-10(7-16)8-17-14/h1-6,8,13,19H,9H2,(H,17,18). The third-order valence-electron chi connectivity index (χ3n) is 2.63. The number of aliphatic hydroxyl groups excluding tert-OH is 1. The summed E-state index contributed by atoms with van der Waals surface area (Å²) in [7, 11) is 0. The van der Waals surface area contributed by atoms with Crippen molar-refractivity contribution in [1.29, 1.82) is 5.26 Å². The van der Waals surface area contributed by atoms with Gasteiger partial charge in [0.25, 0.3) is 0 Å². The number of nitrogens with zero attached hydrogens (tertiary/aromatic N) is 2. The summed E-state index contributed by atoms with van der Waals surface area (Å²) < 4.78 is 0. The lowest BCUT2D eigenvalue weighted by Crippen LogP contribution is -2.13. The fourth-order valence-electron chi connectivity index (χ4n) is 1.62. The first-order chi connectivity index (χ1) is 9.20. The quantitative estimate of drug-likeness (QED) is 0.899. The van der Waals surface area contributed by atoms with Gasteiger partial charge in [-0.3, -0.25) is 0 Å². The van der Waals surface area contributed by atoms with Crippen LogP contribution in [0.5, 0.6) is 0 Å². The Kier molecular flexibility index (Phi) is 4.35. The van der Waals surface area contributed by atoms with Crippen molar-refractivity contribution >= 4 is 17.4 Å². The van der Waals surface area contributed by atoms with Gasteiger partial charge in [-0.05, 0) is 18.2 Å². The number of nitrogens with one attached hydrogen (secondary N) is 1. The number of nitriles is 1. The molecule has 2 rings (SSSR count). The summed E-state index contributed by atoms with van der Waals surface area (Å²) in [6.45, 7) is 0.294. The Labute approximate surface area is 116 Å². The number of aliphatic hydroxyl groups is 1. The van der Waals surface area contributed by atoms with Crippen LogP contribution in [0.2, 0.25) is 5.02 Å². The van der Waals surface area contributed by atoms with Gasteiger partial charge in [-0.2, -0.15) is 5.26 Å². The Balaban J connectivity index is 1.98. The second kappa shape index (κ2) is 6.19. The smallest absolute Gasteiger partial charge is 0.126 e. The Morgan fingerprint density at radius 2 is 2.11 bits per heavy atom. The van der Waals surface area contributed by atoms with E-state index in [1.165, 1.54) is 6.20 Å². The van der Waals surface area contributed by atoms with Gasteiger partial charge in [-0.1, -0.05) is 29.8 Å². The molecule has 0 bridgehead atoms. The number of rotatable bonds is 4. The van der Waals surface area contributed by atoms with Gasteiger partial charge in [0.1, 0.15) is 11.9 Å². The second-order valence-electron chi connectivity index (χ2n) is 3.96. The van der Waals surface area contributed by atoms with Crippen molar-refractivity contribution in [3.63, 3.8) is 0 Å². The molecule has 19 heavy (non-hydrogen) atoms. The van der Waals surface area contributed by atoms with E-state index in [0.29, 0.717) is 28.5 Å². The predicted molar refractivity (Wildman–Crippen MR) is 73.9 cm³/mol. The summed E-state index contributed by atoms with van der Waals surface area (Å²) in [6, 6.07) is 12.5. The van der Waals surface area contributed by atoms with Gasteiger partial charge in [-0.15, -0.1) is 0 Å². The van der Waals surface area contributed by atoms with Crippen molar-refractivity contribution in [2.24, 2.45) is 0 Å². The normalized spacial score (nSPS) is 11.6. The maximum Gasteiger partial charge on any atom is 0.126 e. The van der Waals surface area contributed by atoms with Crippen molar-refractivity contribution in [3.8, 4) is 6.07 Å². The van der Waals surface area contributed by atoms with Crippen LogP contribution in [-0.2, 0) is 0 Å². The second-order valence-corrected chi connectivity index (χ2v) is 4.37. The molecule has 0 fully saturated rings. The minimum Gasteiger partial charge on any atom is -0.387 e. The summed E-state index contributed by atoms with van der Waals surface area (Å²) in [5.41, 5.74) is 1.17. The summed E-state index contributed by atoms with van der Waals surface area (Å²) in [5.74, 6) is 0.602. The Morgan fingerprint density at radius 1 is 1.32 bits per heavy atom. The molecule has 0 spiro atoms. The van der Waals surface area contributed by atoms with Gasteiger partial charge in [0, 0.05) is 23.3 Å². The van der Waals surface area contributed by atoms with Crippen LogP contribution in [-0.4, -0.2) is 16.6 Å². The molecule has 0 saturated heterocycles. The molecular weight excluding hydrogens is 262 g/mol. The van der Waals surface area contributed by atoms with E-state index in [-0.39, 0.29) is 0 Å². The van der Waals surface area contributed by atoms with Crippen LogP contribution in [0.15, 0.2) is 42.6 Å². The molecule has 1 aromatic heterocycles. The van der Waals surface area contributed by atoms with Crippen LogP contribution in [0.4, 0.5) is 5.82 Å². The largest absolute Gasteiger partial charge is 0.387 e. The SMILES string of the molecule is N#Cc1ccc(NCC(O)c2ccccc2Cl)nc1. The molecule has 5 heteroatoms. The van der Waals surface area contributed by atoms with E-state index in [1.54, 1.807) is 24.3 Å². The number of hydrogen-bond donors (Lipinski definition) is 2. The molecule has 1 atom stereocenters. The Bertz CT molecular complexity index is 592. The lowest BCUT2D eigenvalue weighted by molar-refractivity contribution is 0.191. The van der Waals surface area contributed by atoms with E-state index >= 15 is 0 Å². The summed E-state index contributed by atoms with van der Waals surface area (Å²) >= 11 is 6.00. The van der Waals surface area contributed by atoms with Crippen molar-refractivity contribution in [2.75, 3.05) is 11.9 Å². The monoisotopic (exact) mass is 273 g/mol. The number of halogens is 1. The van der Waals surface area contributed by atoms with Crippen molar-refractivity contribution in [2.45, 2.75) is 6.10 Å². The molecule has 0 aliphatic heterocycles. The molecule has 0 saturated carbocycles. The summed E-state index contributed by atoms with van der Waals surface area (Å²) in [4.78, 5) is 4.06. The molecule has 96 valence electrons. The van der Waals surface area contributed by atoms with E-state index in [9.17, 15) is 5.11 Å². The average molecular weight is 274 g/mol. The molecule has 0 aliphatic rings. The highest BCUT2D eigenvalue weighted by molar-refractivity contribution is 6.31. The molecule has 0 radical (unpaired) electrons. The lowest BCUT2D eigenvalue weighted by Gasteiger charge is -2.13. The highest BCUT2D eigenvalue weighted by Gasteiger charge is 2.10. The highest BCUT2D eigenvalue weighted by atomic mass is 35.5. The summed E-state index contributed by atoms with van der Waals surface area (Å²) in [6.07, 6.45) is 0.760. The highest BCUT2D eigenvalue weighted by Crippen LogP contribution is 2.22. The van der Waals surface area contributed by atoms with E-state index in [0.717, 1.165) is 0 Å². The van der Waals surface area contributed by atoms with Gasteiger partial charge in [-0.25, -0.2) is 4.98 Å². The number of benzene rings is 1. The molecule has 2 aromatic rings. The zero-order valence-electron chi connectivity index (χ0n) is 10.0. The number of anilines is 1. The van der Waals surface area contributed by atoms with Gasteiger partial charge in [0.05, 0.1) is 11.7 Å². The fourth-order valence-corrected chi connectivity index (χ4v) is 1.88. The Hall–Kier alpha value is -2.09. The van der Waals surface area contributed by atoms with Crippen LogP contribution < -0.4 is 5.32 Å². The van der Waals surface area contributed by atoms with E-state index in [1.807, 2.05) is 18.2 Å². The first-order valence-electron chi connectivity index (χ1n) is 5.73. The van der Waals surface area contributed by atoms with E-state index < -0.39 is 6.10 Å². The lowest BCUT2D eigenvalue weighted by atomic mass is 10.1. The molecule has 1 aromatic carbocycles. The van der Waals surface area contributed by atoms with Crippen LogP contribution in [0.3, 0.4) is 0 Å². The van der Waals surface area contributed by atoms with Crippen molar-refractivity contribution in [1.82, 2.24) is 4.98 Å². The van der Waals surface area contributed by atoms with Crippen LogP contribution in [0.25, 0.3) is 0 Å². The van der Waals surface area contributed by atoms with Crippen LogP contribution >= 0.6 is 11.6 Å². The van der Waals surface area contributed by atoms with Gasteiger partial charge in [0.2, 0.25) is 0 Å².